The summed E-state index contributed by atoms with van der Waals surface area (Å²) < 4.78 is 19.1. The molecular formula is C21H25FN4O4. The molecule has 0 fully saturated rings. The number of aryl methyl sites for hydroxylation is 1. The summed E-state index contributed by atoms with van der Waals surface area (Å²) in [5.74, 6) is -0.0367. The predicted octanol–water partition coefficient (Wildman–Crippen LogP) is 3.89. The first kappa shape index (κ1) is 21.5. The second-order valence-corrected chi connectivity index (χ2v) is 8.17. The molecule has 0 saturated carbocycles. The molecule has 3 heterocycles. The van der Waals surface area contributed by atoms with Crippen molar-refractivity contribution in [2.24, 2.45) is 5.16 Å². The van der Waals surface area contributed by atoms with Crippen molar-refractivity contribution in [3.05, 3.63) is 42.1 Å². The van der Waals surface area contributed by atoms with Gasteiger partial charge < -0.3 is 14.7 Å². The van der Waals surface area contributed by atoms with Crippen molar-refractivity contribution in [3.8, 4) is 17.0 Å². The van der Waals surface area contributed by atoms with Crippen LogP contribution in [0.1, 0.15) is 32.8 Å². The Balaban J connectivity index is 1.64. The number of oxime groups is 1. The summed E-state index contributed by atoms with van der Waals surface area (Å²) in [5, 5.41) is 13.5. The lowest BCUT2D eigenvalue weighted by Crippen LogP contribution is -2.47. The van der Waals surface area contributed by atoms with E-state index in [-0.39, 0.29) is 19.3 Å². The fourth-order valence-corrected chi connectivity index (χ4v) is 3.01. The minimum Gasteiger partial charge on any atom is -0.487 e. The molecule has 0 bridgehead atoms. The van der Waals surface area contributed by atoms with E-state index in [1.807, 2.05) is 33.8 Å². The molecule has 2 aromatic rings. The van der Waals surface area contributed by atoms with E-state index >= 15 is 0 Å². The lowest BCUT2D eigenvalue weighted by atomic mass is 10.1. The molecule has 1 aliphatic heterocycles. The van der Waals surface area contributed by atoms with Crippen LogP contribution in [0.2, 0.25) is 0 Å². The number of halogens is 1. The monoisotopic (exact) mass is 416 g/mol. The van der Waals surface area contributed by atoms with E-state index in [1.165, 1.54) is 17.2 Å². The zero-order chi connectivity index (χ0) is 21.9. The molecule has 0 aromatic carbocycles. The highest BCUT2D eigenvalue weighted by Crippen LogP contribution is 2.29. The van der Waals surface area contributed by atoms with Gasteiger partial charge in [-0.05, 0) is 51.5 Å². The number of nitrogens with zero attached hydrogens (tertiary/aromatic N) is 4. The summed E-state index contributed by atoms with van der Waals surface area (Å²) in [6.45, 7) is 7.76. The van der Waals surface area contributed by atoms with E-state index < -0.39 is 17.6 Å². The van der Waals surface area contributed by atoms with Crippen LogP contribution < -0.4 is 4.74 Å². The van der Waals surface area contributed by atoms with Gasteiger partial charge in [0, 0.05) is 29.9 Å². The maximum absolute atomic E-state index is 13.1. The first-order valence-electron chi connectivity index (χ1n) is 9.57. The highest BCUT2D eigenvalue weighted by atomic mass is 19.1. The molecule has 8 nitrogen and oxygen atoms in total. The van der Waals surface area contributed by atoms with Gasteiger partial charge in [-0.3, -0.25) is 9.88 Å². The molecule has 160 valence electrons. The van der Waals surface area contributed by atoms with E-state index in [4.69, 9.17) is 9.57 Å². The number of hydrogen-bond acceptors (Lipinski definition) is 6. The van der Waals surface area contributed by atoms with Gasteiger partial charge in [-0.2, -0.15) is 4.39 Å². The van der Waals surface area contributed by atoms with Crippen LogP contribution in [0.25, 0.3) is 11.3 Å². The van der Waals surface area contributed by atoms with Gasteiger partial charge in [-0.25, -0.2) is 9.78 Å². The molecular weight excluding hydrogens is 391 g/mol. The molecule has 30 heavy (non-hydrogen) atoms. The molecule has 1 amide bonds. The Hall–Kier alpha value is -3.23. The lowest BCUT2D eigenvalue weighted by molar-refractivity contribution is 0.0471. The summed E-state index contributed by atoms with van der Waals surface area (Å²) in [6.07, 6.45) is 2.22. The van der Waals surface area contributed by atoms with Crippen molar-refractivity contribution in [1.29, 1.82) is 0 Å². The van der Waals surface area contributed by atoms with Gasteiger partial charge in [0.25, 0.3) is 0 Å². The van der Waals surface area contributed by atoms with Crippen molar-refractivity contribution in [2.75, 3.05) is 13.2 Å². The normalized spacial score (nSPS) is 16.0. The number of rotatable bonds is 6. The Bertz CT molecular complexity index is 941. The predicted molar refractivity (Wildman–Crippen MR) is 109 cm³/mol. The number of pyridine rings is 2. The van der Waals surface area contributed by atoms with Gasteiger partial charge in [0.2, 0.25) is 5.95 Å². The molecule has 2 aromatic heterocycles. The molecule has 0 spiro atoms. The highest BCUT2D eigenvalue weighted by molar-refractivity contribution is 5.89. The number of hydrogen-bond donors (Lipinski definition) is 1. The van der Waals surface area contributed by atoms with Crippen molar-refractivity contribution >= 4 is 11.8 Å². The second kappa shape index (κ2) is 8.64. The SMILES string of the molecule is Cc1cnc(-c2ccc(F)nc2)c(OCC2CC(CN(C(=O)O)C(C)(C)C)=NO2)c1. The minimum absolute atomic E-state index is 0.174. The summed E-state index contributed by atoms with van der Waals surface area (Å²) in [4.78, 5) is 26.3. The maximum Gasteiger partial charge on any atom is 0.408 e. The van der Waals surface area contributed by atoms with E-state index in [0.717, 1.165) is 5.56 Å². The topological polar surface area (TPSA) is 97.1 Å². The Kier molecular flexibility index (Phi) is 6.19. The number of carbonyl (C=O) groups is 1. The molecule has 9 heteroatoms. The Morgan fingerprint density at radius 3 is 2.73 bits per heavy atom. The fraction of sp³-hybridized carbons (Fsp3) is 0.429. The van der Waals surface area contributed by atoms with Crippen LogP contribution in [0.4, 0.5) is 9.18 Å². The number of ether oxygens (including phenoxy) is 1. The van der Waals surface area contributed by atoms with Crippen LogP contribution in [0.3, 0.4) is 0 Å². The first-order valence-corrected chi connectivity index (χ1v) is 9.57. The quantitative estimate of drug-likeness (QED) is 0.718. The average molecular weight is 416 g/mol. The van der Waals surface area contributed by atoms with Gasteiger partial charge in [-0.15, -0.1) is 0 Å². The average Bonchev–Trinajstić information content (AvgIpc) is 3.12. The number of amides is 1. The first-order chi connectivity index (χ1) is 14.1. The van der Waals surface area contributed by atoms with E-state index in [9.17, 15) is 14.3 Å². The van der Waals surface area contributed by atoms with Gasteiger partial charge in [-0.1, -0.05) is 5.16 Å². The van der Waals surface area contributed by atoms with Crippen LogP contribution >= 0.6 is 0 Å². The second-order valence-electron chi connectivity index (χ2n) is 8.17. The molecule has 1 N–H and O–H groups in total. The van der Waals surface area contributed by atoms with Crippen LogP contribution in [-0.2, 0) is 4.84 Å². The van der Waals surface area contributed by atoms with Gasteiger partial charge >= 0.3 is 6.09 Å². The summed E-state index contributed by atoms with van der Waals surface area (Å²) in [6, 6.07) is 4.70. The number of carboxylic acid groups (broad SMARTS) is 1. The molecule has 1 aliphatic rings. The van der Waals surface area contributed by atoms with Crippen LogP contribution in [0.5, 0.6) is 5.75 Å². The van der Waals surface area contributed by atoms with Crippen molar-refractivity contribution in [3.63, 3.8) is 0 Å². The van der Waals surface area contributed by atoms with Gasteiger partial charge in [0.15, 0.2) is 6.10 Å². The van der Waals surface area contributed by atoms with Crippen molar-refractivity contribution in [1.82, 2.24) is 14.9 Å². The van der Waals surface area contributed by atoms with Crippen LogP contribution in [0, 0.1) is 12.9 Å². The summed E-state index contributed by atoms with van der Waals surface area (Å²) in [5.41, 5.74) is 2.20. The van der Waals surface area contributed by atoms with Gasteiger partial charge in [0.1, 0.15) is 18.1 Å². The molecule has 0 saturated heterocycles. The Morgan fingerprint density at radius 1 is 1.33 bits per heavy atom. The molecule has 0 aliphatic carbocycles. The van der Waals surface area contributed by atoms with Crippen molar-refractivity contribution < 1.29 is 23.9 Å². The minimum atomic E-state index is -1.01. The molecule has 3 rings (SSSR count). The third-order valence-electron chi connectivity index (χ3n) is 4.59. The van der Waals surface area contributed by atoms with E-state index in [2.05, 4.69) is 15.1 Å². The lowest BCUT2D eigenvalue weighted by Gasteiger charge is -2.32. The van der Waals surface area contributed by atoms with E-state index in [1.54, 1.807) is 12.3 Å². The van der Waals surface area contributed by atoms with Crippen LogP contribution in [-0.4, -0.2) is 56.6 Å². The van der Waals surface area contributed by atoms with Gasteiger partial charge in [0.05, 0.1) is 12.3 Å². The number of aromatic nitrogens is 2. The smallest absolute Gasteiger partial charge is 0.408 e. The third kappa shape index (κ3) is 5.22. The molecule has 1 atom stereocenters. The van der Waals surface area contributed by atoms with Crippen molar-refractivity contribution in [2.45, 2.75) is 45.8 Å². The fourth-order valence-electron chi connectivity index (χ4n) is 3.01. The standard InChI is InChI=1S/C21H25FN4O4/c1-13-7-17(19(24-9-13)14-5-6-18(22)23-10-14)29-12-16-8-15(25-30-16)11-26(20(27)28)21(2,3)4/h5-7,9-10,16H,8,11-12H2,1-4H3,(H,27,28). The van der Waals surface area contributed by atoms with E-state index in [0.29, 0.717) is 29.1 Å². The Morgan fingerprint density at radius 2 is 2.10 bits per heavy atom. The maximum atomic E-state index is 13.1. The zero-order valence-corrected chi connectivity index (χ0v) is 17.4. The Labute approximate surface area is 174 Å². The highest BCUT2D eigenvalue weighted by Gasteiger charge is 2.31. The summed E-state index contributed by atoms with van der Waals surface area (Å²) >= 11 is 0. The zero-order valence-electron chi connectivity index (χ0n) is 17.4. The largest absolute Gasteiger partial charge is 0.487 e. The third-order valence-corrected chi connectivity index (χ3v) is 4.59. The molecule has 1 unspecified atom stereocenters. The molecule has 0 radical (unpaired) electrons. The summed E-state index contributed by atoms with van der Waals surface area (Å²) in [7, 11) is 0. The van der Waals surface area contributed by atoms with Crippen LogP contribution in [0.15, 0.2) is 35.7 Å².